The molecular weight excluding hydrogens is 134 g/mol. The predicted octanol–water partition coefficient (Wildman–Crippen LogP) is -0.308. The summed E-state index contributed by atoms with van der Waals surface area (Å²) in [5, 5.41) is 26.5. The maximum Gasteiger partial charge on any atom is 0.142 e. The van der Waals surface area contributed by atoms with Crippen molar-refractivity contribution in [3.8, 4) is 0 Å². The molecule has 0 rings (SSSR count). The molecule has 1 atom stereocenters. The number of nitrogens with one attached hydrogen (secondary N) is 1. The van der Waals surface area contributed by atoms with E-state index in [0.717, 1.165) is 0 Å². The SMILES string of the molecule is CC(C)(CO)C(C)(O)NO. The third-order valence-corrected chi connectivity index (χ3v) is 1.93. The second-order valence-corrected chi connectivity index (χ2v) is 3.23. The van der Waals surface area contributed by atoms with Crippen molar-refractivity contribution >= 4 is 0 Å². The molecule has 4 N–H and O–H groups in total. The average molecular weight is 149 g/mol. The Morgan fingerprint density at radius 2 is 1.70 bits per heavy atom. The summed E-state index contributed by atoms with van der Waals surface area (Å²) in [5.74, 6) is 0. The van der Waals surface area contributed by atoms with Gasteiger partial charge in [0.15, 0.2) is 0 Å². The summed E-state index contributed by atoms with van der Waals surface area (Å²) in [6.45, 7) is 4.46. The number of hydrogen-bond acceptors (Lipinski definition) is 4. The molecule has 0 saturated heterocycles. The third-order valence-electron chi connectivity index (χ3n) is 1.93. The highest BCUT2D eigenvalue weighted by atomic mass is 16.5. The van der Waals surface area contributed by atoms with Crippen LogP contribution in [0.1, 0.15) is 20.8 Å². The zero-order valence-corrected chi connectivity index (χ0v) is 6.55. The Bertz CT molecular complexity index is 97.6. The molecule has 62 valence electrons. The molecule has 4 nitrogen and oxygen atoms in total. The number of aliphatic hydroxyl groups is 2. The summed E-state index contributed by atoms with van der Waals surface area (Å²) >= 11 is 0. The number of rotatable bonds is 3. The highest BCUT2D eigenvalue weighted by Gasteiger charge is 2.38. The van der Waals surface area contributed by atoms with Gasteiger partial charge in [-0.1, -0.05) is 13.8 Å². The Kier molecular flexibility index (Phi) is 2.79. The lowest BCUT2D eigenvalue weighted by Gasteiger charge is -2.36. The first kappa shape index (κ1) is 9.84. The first-order chi connectivity index (χ1) is 4.37. The van der Waals surface area contributed by atoms with Crippen LogP contribution in [0.15, 0.2) is 0 Å². The summed E-state index contributed by atoms with van der Waals surface area (Å²) in [5.41, 5.74) is -0.491. The fourth-order valence-electron chi connectivity index (χ4n) is 0.305. The van der Waals surface area contributed by atoms with Crippen molar-refractivity contribution < 1.29 is 15.4 Å². The molecule has 0 saturated carbocycles. The fraction of sp³-hybridized carbons (Fsp3) is 1.00. The zero-order valence-electron chi connectivity index (χ0n) is 6.55. The minimum absolute atomic E-state index is 0.201. The molecule has 0 aliphatic rings. The summed E-state index contributed by atoms with van der Waals surface area (Å²) in [7, 11) is 0. The smallest absolute Gasteiger partial charge is 0.142 e. The molecule has 0 spiro atoms. The minimum Gasteiger partial charge on any atom is -0.396 e. The van der Waals surface area contributed by atoms with Gasteiger partial charge in [0.05, 0.1) is 6.61 Å². The molecule has 0 aromatic carbocycles. The van der Waals surface area contributed by atoms with Crippen molar-refractivity contribution in [1.29, 1.82) is 0 Å². The maximum absolute atomic E-state index is 9.33. The molecule has 0 aliphatic heterocycles. The normalized spacial score (nSPS) is 18.6. The van der Waals surface area contributed by atoms with Crippen LogP contribution in [0.25, 0.3) is 0 Å². The summed E-state index contributed by atoms with van der Waals surface area (Å²) in [4.78, 5) is 0. The molecule has 0 amide bonds. The summed E-state index contributed by atoms with van der Waals surface area (Å²) in [6.07, 6.45) is 0. The van der Waals surface area contributed by atoms with E-state index in [1.165, 1.54) is 6.92 Å². The first-order valence-electron chi connectivity index (χ1n) is 3.12. The van der Waals surface area contributed by atoms with E-state index < -0.39 is 11.1 Å². The Morgan fingerprint density at radius 3 is 1.80 bits per heavy atom. The largest absolute Gasteiger partial charge is 0.396 e. The van der Waals surface area contributed by atoms with Crippen LogP contribution in [-0.2, 0) is 0 Å². The lowest BCUT2D eigenvalue weighted by molar-refractivity contribution is -0.164. The van der Waals surface area contributed by atoms with Gasteiger partial charge in [-0.2, -0.15) is 5.48 Å². The molecule has 0 bridgehead atoms. The Morgan fingerprint density at radius 1 is 1.30 bits per heavy atom. The van der Waals surface area contributed by atoms with Crippen LogP contribution >= 0.6 is 0 Å². The van der Waals surface area contributed by atoms with Gasteiger partial charge in [-0.3, -0.25) is 0 Å². The highest BCUT2D eigenvalue weighted by molar-refractivity contribution is 4.84. The monoisotopic (exact) mass is 149 g/mol. The lowest BCUT2D eigenvalue weighted by Crippen LogP contribution is -2.54. The lowest BCUT2D eigenvalue weighted by atomic mass is 9.83. The van der Waals surface area contributed by atoms with E-state index in [-0.39, 0.29) is 6.61 Å². The number of aliphatic hydroxyl groups excluding tert-OH is 1. The Hall–Kier alpha value is -0.160. The maximum atomic E-state index is 9.33. The molecule has 10 heavy (non-hydrogen) atoms. The van der Waals surface area contributed by atoms with Crippen molar-refractivity contribution in [2.24, 2.45) is 5.41 Å². The van der Waals surface area contributed by atoms with Crippen LogP contribution in [0.4, 0.5) is 0 Å². The second kappa shape index (κ2) is 2.84. The van der Waals surface area contributed by atoms with Crippen LogP contribution in [0.3, 0.4) is 0 Å². The molecular formula is C6H15NO3. The van der Waals surface area contributed by atoms with Gasteiger partial charge in [-0.15, -0.1) is 0 Å². The Labute approximate surface area is 60.5 Å². The van der Waals surface area contributed by atoms with Crippen molar-refractivity contribution in [3.63, 3.8) is 0 Å². The van der Waals surface area contributed by atoms with E-state index in [0.29, 0.717) is 0 Å². The summed E-state index contributed by atoms with van der Waals surface area (Å²) < 4.78 is 0. The van der Waals surface area contributed by atoms with Gasteiger partial charge in [-0.05, 0) is 6.92 Å². The van der Waals surface area contributed by atoms with E-state index >= 15 is 0 Å². The minimum atomic E-state index is -1.46. The molecule has 4 heteroatoms. The fourth-order valence-corrected chi connectivity index (χ4v) is 0.305. The van der Waals surface area contributed by atoms with Gasteiger partial charge in [0, 0.05) is 5.41 Å². The van der Waals surface area contributed by atoms with Gasteiger partial charge in [0.2, 0.25) is 0 Å². The van der Waals surface area contributed by atoms with Gasteiger partial charge < -0.3 is 15.4 Å². The molecule has 0 heterocycles. The molecule has 0 aromatic rings. The Balaban J connectivity index is 4.28. The molecule has 0 fully saturated rings. The second-order valence-electron chi connectivity index (χ2n) is 3.23. The van der Waals surface area contributed by atoms with Crippen LogP contribution in [0, 0.1) is 5.41 Å². The molecule has 0 aromatic heterocycles. The van der Waals surface area contributed by atoms with Crippen LogP contribution in [-0.4, -0.2) is 27.8 Å². The number of hydrogen-bond donors (Lipinski definition) is 4. The molecule has 0 aliphatic carbocycles. The van der Waals surface area contributed by atoms with E-state index in [4.69, 9.17) is 10.3 Å². The van der Waals surface area contributed by atoms with Crippen molar-refractivity contribution in [2.75, 3.05) is 6.61 Å². The zero-order chi connectivity index (χ0) is 8.41. The first-order valence-corrected chi connectivity index (χ1v) is 3.12. The van der Waals surface area contributed by atoms with Crippen molar-refractivity contribution in [3.05, 3.63) is 0 Å². The van der Waals surface area contributed by atoms with Crippen molar-refractivity contribution in [2.45, 2.75) is 26.5 Å². The van der Waals surface area contributed by atoms with Gasteiger partial charge >= 0.3 is 0 Å². The van der Waals surface area contributed by atoms with Gasteiger partial charge in [0.1, 0.15) is 5.72 Å². The molecule has 0 radical (unpaired) electrons. The quantitative estimate of drug-likeness (QED) is 0.328. The summed E-state index contributed by atoms with van der Waals surface area (Å²) in [6, 6.07) is 0. The average Bonchev–Trinajstić information content (AvgIpc) is 1.88. The van der Waals surface area contributed by atoms with Gasteiger partial charge in [0.25, 0.3) is 0 Å². The van der Waals surface area contributed by atoms with Crippen molar-refractivity contribution in [1.82, 2.24) is 5.48 Å². The van der Waals surface area contributed by atoms with E-state index in [1.54, 1.807) is 19.3 Å². The molecule has 1 unspecified atom stereocenters. The third kappa shape index (κ3) is 1.67. The predicted molar refractivity (Wildman–Crippen MR) is 36.4 cm³/mol. The topological polar surface area (TPSA) is 72.7 Å². The van der Waals surface area contributed by atoms with Crippen LogP contribution in [0.2, 0.25) is 0 Å². The van der Waals surface area contributed by atoms with Crippen LogP contribution < -0.4 is 5.48 Å². The van der Waals surface area contributed by atoms with E-state index in [9.17, 15) is 5.11 Å². The van der Waals surface area contributed by atoms with E-state index in [1.807, 2.05) is 0 Å². The highest BCUT2D eigenvalue weighted by Crippen LogP contribution is 2.26. The van der Waals surface area contributed by atoms with E-state index in [2.05, 4.69) is 0 Å². The number of hydroxylamine groups is 1. The van der Waals surface area contributed by atoms with Crippen LogP contribution in [0.5, 0.6) is 0 Å². The standard InChI is InChI=1S/C6H15NO3/c1-5(2,4-8)6(3,9)7-10/h7-10H,4H2,1-3H3. The van der Waals surface area contributed by atoms with Gasteiger partial charge in [-0.25, -0.2) is 0 Å².